The van der Waals surface area contributed by atoms with Crippen molar-refractivity contribution in [3.8, 4) is 0 Å². The minimum Gasteiger partial charge on any atom is -0.478 e. The van der Waals surface area contributed by atoms with E-state index in [0.717, 1.165) is 11.6 Å². The number of rotatable bonds is 5. The molecule has 1 atom stereocenters. The molecule has 2 rings (SSSR count). The lowest BCUT2D eigenvalue weighted by atomic mass is 10.0. The van der Waals surface area contributed by atoms with Crippen molar-refractivity contribution >= 4 is 17.3 Å². The van der Waals surface area contributed by atoms with Crippen molar-refractivity contribution in [2.75, 3.05) is 17.6 Å². The highest BCUT2D eigenvalue weighted by atomic mass is 19.1. The quantitative estimate of drug-likeness (QED) is 0.738. The molecule has 1 unspecified atom stereocenters. The van der Waals surface area contributed by atoms with Crippen LogP contribution in [0.15, 0.2) is 42.5 Å². The molecular weight excluding hydrogens is 271 g/mol. The van der Waals surface area contributed by atoms with Gasteiger partial charge in [-0.3, -0.25) is 0 Å². The predicted octanol–water partition coefficient (Wildman–Crippen LogP) is 3.32. The van der Waals surface area contributed by atoms with Crippen LogP contribution in [0.5, 0.6) is 0 Å². The fourth-order valence-electron chi connectivity index (χ4n) is 2.13. The van der Waals surface area contributed by atoms with Gasteiger partial charge in [0.1, 0.15) is 11.4 Å². The van der Waals surface area contributed by atoms with Gasteiger partial charge in [0, 0.05) is 6.54 Å². The highest BCUT2D eigenvalue weighted by molar-refractivity contribution is 6.00. The second-order valence-electron chi connectivity index (χ2n) is 4.88. The fraction of sp³-hybridized carbons (Fsp3) is 0.188. The van der Waals surface area contributed by atoms with E-state index in [1.807, 2.05) is 37.3 Å². The van der Waals surface area contributed by atoms with Gasteiger partial charge in [0.05, 0.1) is 11.4 Å². The summed E-state index contributed by atoms with van der Waals surface area (Å²) < 4.78 is 13.4. The Bertz CT molecular complexity index is 644. The number of aromatic carboxylic acids is 1. The summed E-state index contributed by atoms with van der Waals surface area (Å²) in [5.41, 5.74) is 6.39. The largest absolute Gasteiger partial charge is 0.478 e. The zero-order valence-electron chi connectivity index (χ0n) is 11.6. The van der Waals surface area contributed by atoms with Crippen LogP contribution in [0, 0.1) is 5.82 Å². The number of carboxylic acid groups (broad SMARTS) is 1. The first-order valence-corrected chi connectivity index (χ1v) is 6.60. The van der Waals surface area contributed by atoms with Gasteiger partial charge >= 0.3 is 5.97 Å². The van der Waals surface area contributed by atoms with Crippen molar-refractivity contribution in [1.82, 2.24) is 0 Å². The van der Waals surface area contributed by atoms with Crippen molar-refractivity contribution < 1.29 is 14.3 Å². The van der Waals surface area contributed by atoms with Crippen molar-refractivity contribution in [3.05, 3.63) is 59.4 Å². The van der Waals surface area contributed by atoms with Gasteiger partial charge in [-0.15, -0.1) is 0 Å². The van der Waals surface area contributed by atoms with E-state index in [0.29, 0.717) is 12.2 Å². The molecule has 4 nitrogen and oxygen atoms in total. The first kappa shape index (κ1) is 14.8. The van der Waals surface area contributed by atoms with Crippen LogP contribution in [-0.2, 0) is 0 Å². The van der Waals surface area contributed by atoms with Crippen LogP contribution in [0.4, 0.5) is 15.8 Å². The maximum atomic E-state index is 13.4. The van der Waals surface area contributed by atoms with E-state index in [1.54, 1.807) is 0 Å². The molecule has 2 aromatic carbocycles. The van der Waals surface area contributed by atoms with Gasteiger partial charge in [-0.05, 0) is 23.6 Å². The zero-order chi connectivity index (χ0) is 15.4. The number of hydrogen-bond acceptors (Lipinski definition) is 3. The standard InChI is InChI=1S/C16H17FN2O2/c1-10(11-5-3-2-4-6-11)9-19-13-8-7-12(17)15(18)14(13)16(20)21/h2-8,10,19H,9,18H2,1H3,(H,20,21). The van der Waals surface area contributed by atoms with Crippen LogP contribution in [0.25, 0.3) is 0 Å². The van der Waals surface area contributed by atoms with Gasteiger partial charge in [-0.25, -0.2) is 9.18 Å². The molecule has 0 saturated heterocycles. The molecule has 0 amide bonds. The Morgan fingerprint density at radius 1 is 1.29 bits per heavy atom. The van der Waals surface area contributed by atoms with E-state index in [2.05, 4.69) is 5.32 Å². The molecule has 2 aromatic rings. The SMILES string of the molecule is CC(CNc1ccc(F)c(N)c1C(=O)O)c1ccccc1. The van der Waals surface area contributed by atoms with Crippen molar-refractivity contribution in [2.45, 2.75) is 12.8 Å². The topological polar surface area (TPSA) is 75.3 Å². The van der Waals surface area contributed by atoms with Crippen LogP contribution in [0.1, 0.15) is 28.8 Å². The summed E-state index contributed by atoms with van der Waals surface area (Å²) in [6, 6.07) is 12.4. The number of carboxylic acids is 1. The first-order valence-electron chi connectivity index (χ1n) is 6.60. The van der Waals surface area contributed by atoms with E-state index in [9.17, 15) is 9.18 Å². The number of hydrogen-bond donors (Lipinski definition) is 3. The van der Waals surface area contributed by atoms with E-state index >= 15 is 0 Å². The summed E-state index contributed by atoms with van der Waals surface area (Å²) in [6.45, 7) is 2.55. The maximum absolute atomic E-state index is 13.4. The smallest absolute Gasteiger partial charge is 0.340 e. The Balaban J connectivity index is 2.17. The number of anilines is 2. The Kier molecular flexibility index (Phi) is 4.42. The number of benzene rings is 2. The Morgan fingerprint density at radius 2 is 1.95 bits per heavy atom. The Labute approximate surface area is 122 Å². The van der Waals surface area contributed by atoms with Gasteiger partial charge in [0.25, 0.3) is 0 Å². The Hall–Kier alpha value is -2.56. The van der Waals surface area contributed by atoms with Gasteiger partial charge in [0.15, 0.2) is 0 Å². The van der Waals surface area contributed by atoms with Crippen LogP contribution >= 0.6 is 0 Å². The lowest BCUT2D eigenvalue weighted by Crippen LogP contribution is -2.14. The molecule has 0 radical (unpaired) electrons. The summed E-state index contributed by atoms with van der Waals surface area (Å²) in [4.78, 5) is 11.2. The van der Waals surface area contributed by atoms with E-state index in [1.165, 1.54) is 6.07 Å². The van der Waals surface area contributed by atoms with Crippen molar-refractivity contribution in [3.63, 3.8) is 0 Å². The average molecular weight is 288 g/mol. The molecule has 5 heteroatoms. The molecule has 0 aliphatic heterocycles. The van der Waals surface area contributed by atoms with Crippen LogP contribution < -0.4 is 11.1 Å². The molecule has 21 heavy (non-hydrogen) atoms. The lowest BCUT2D eigenvalue weighted by molar-refractivity contribution is 0.0698. The normalized spacial score (nSPS) is 11.9. The van der Waals surface area contributed by atoms with E-state index in [4.69, 9.17) is 10.8 Å². The highest BCUT2D eigenvalue weighted by Crippen LogP contribution is 2.26. The minimum atomic E-state index is -1.25. The molecule has 0 spiro atoms. The summed E-state index contributed by atoms with van der Waals surface area (Å²) in [5.74, 6) is -1.80. The monoisotopic (exact) mass is 288 g/mol. The molecule has 0 fully saturated rings. The van der Waals surface area contributed by atoms with Gasteiger partial charge < -0.3 is 16.2 Å². The number of carbonyl (C=O) groups is 1. The van der Waals surface area contributed by atoms with Crippen LogP contribution in [-0.4, -0.2) is 17.6 Å². The van der Waals surface area contributed by atoms with Gasteiger partial charge in [0.2, 0.25) is 0 Å². The zero-order valence-corrected chi connectivity index (χ0v) is 11.6. The maximum Gasteiger partial charge on any atom is 0.340 e. The Morgan fingerprint density at radius 3 is 2.57 bits per heavy atom. The van der Waals surface area contributed by atoms with E-state index in [-0.39, 0.29) is 17.2 Å². The molecule has 0 aliphatic carbocycles. The molecule has 0 aliphatic rings. The van der Waals surface area contributed by atoms with Crippen LogP contribution in [0.2, 0.25) is 0 Å². The second kappa shape index (κ2) is 6.26. The molecule has 0 heterocycles. The van der Waals surface area contributed by atoms with Crippen LogP contribution in [0.3, 0.4) is 0 Å². The van der Waals surface area contributed by atoms with E-state index < -0.39 is 11.8 Å². The summed E-state index contributed by atoms with van der Waals surface area (Å²) >= 11 is 0. The summed E-state index contributed by atoms with van der Waals surface area (Å²) in [6.07, 6.45) is 0. The molecule has 0 aromatic heterocycles. The highest BCUT2D eigenvalue weighted by Gasteiger charge is 2.17. The van der Waals surface area contributed by atoms with Gasteiger partial charge in [-0.2, -0.15) is 0 Å². The molecule has 4 N–H and O–H groups in total. The second-order valence-corrected chi connectivity index (χ2v) is 4.88. The van der Waals surface area contributed by atoms with Crippen molar-refractivity contribution in [2.24, 2.45) is 0 Å². The third kappa shape index (κ3) is 3.31. The first-order chi connectivity index (χ1) is 10.0. The van der Waals surface area contributed by atoms with Gasteiger partial charge in [-0.1, -0.05) is 37.3 Å². The predicted molar refractivity (Wildman–Crippen MR) is 81.1 cm³/mol. The third-order valence-corrected chi connectivity index (χ3v) is 3.37. The molecule has 110 valence electrons. The molecule has 0 bridgehead atoms. The number of nitrogens with one attached hydrogen (secondary N) is 1. The average Bonchev–Trinajstić information content (AvgIpc) is 2.48. The number of nitrogens with two attached hydrogens (primary N) is 1. The molecular formula is C16H17FN2O2. The number of nitrogen functional groups attached to an aromatic ring is 1. The third-order valence-electron chi connectivity index (χ3n) is 3.37. The van der Waals surface area contributed by atoms with Crippen molar-refractivity contribution in [1.29, 1.82) is 0 Å². The number of halogens is 1. The summed E-state index contributed by atoms with van der Waals surface area (Å²) in [5, 5.41) is 12.2. The minimum absolute atomic E-state index is 0.180. The molecule has 0 saturated carbocycles. The lowest BCUT2D eigenvalue weighted by Gasteiger charge is -2.16. The summed E-state index contributed by atoms with van der Waals surface area (Å²) in [7, 11) is 0. The fourth-order valence-corrected chi connectivity index (χ4v) is 2.13.